The molecule has 0 N–H and O–H groups in total. The fourth-order valence-corrected chi connectivity index (χ4v) is 2.51. The molecule has 0 saturated heterocycles. The third-order valence-corrected chi connectivity index (χ3v) is 4.25. The molecule has 0 amide bonds. The molecule has 0 fully saturated rings. The number of thioether (sulfide) groups is 1. The van der Waals surface area contributed by atoms with Crippen molar-refractivity contribution < 1.29 is 0 Å². The summed E-state index contributed by atoms with van der Waals surface area (Å²) in [5.74, 6) is 0.955. The van der Waals surface area contributed by atoms with Crippen LogP contribution in [-0.4, -0.2) is 27.2 Å². The summed E-state index contributed by atoms with van der Waals surface area (Å²) in [5.41, 5.74) is 0. The van der Waals surface area contributed by atoms with E-state index in [4.69, 9.17) is 5.26 Å². The van der Waals surface area contributed by atoms with Gasteiger partial charge in [0.1, 0.15) is 6.07 Å². The Morgan fingerprint density at radius 2 is 1.88 bits per heavy atom. The third kappa shape index (κ3) is 6.41. The normalized spacial score (nSPS) is 12.6. The van der Waals surface area contributed by atoms with Crippen molar-refractivity contribution in [3.63, 3.8) is 0 Å². The van der Waals surface area contributed by atoms with Gasteiger partial charge in [-0.1, -0.05) is 18.7 Å². The first-order chi connectivity index (χ1) is 7.52. The topological polar surface area (TPSA) is 39.4 Å². The molecular weight excluding hydrogens is 238 g/mol. The second-order valence-corrected chi connectivity index (χ2v) is 5.84. The molecule has 0 radical (unpaired) electrons. The molecule has 0 spiro atoms. The number of rotatable bonds is 6. The summed E-state index contributed by atoms with van der Waals surface area (Å²) in [6.07, 6.45) is 1.06. The summed E-state index contributed by atoms with van der Waals surface area (Å²) in [4.78, 5) is 0. The van der Waals surface area contributed by atoms with E-state index < -0.39 is 0 Å². The van der Waals surface area contributed by atoms with Crippen molar-refractivity contribution in [1.29, 1.82) is 5.26 Å². The van der Waals surface area contributed by atoms with Gasteiger partial charge in [0.05, 0.1) is 12.1 Å². The van der Waals surface area contributed by atoms with Crippen molar-refractivity contribution in [2.75, 3.05) is 5.75 Å². The van der Waals surface area contributed by atoms with Gasteiger partial charge in [-0.2, -0.15) is 9.66 Å². The highest BCUT2D eigenvalue weighted by Gasteiger charge is 2.14. The summed E-state index contributed by atoms with van der Waals surface area (Å²) in [5, 5.41) is 9.48. The van der Waals surface area contributed by atoms with E-state index in [-0.39, 0.29) is 0 Å². The molecule has 0 bridgehead atoms. The molecule has 0 unspecified atom stereocenters. The van der Waals surface area contributed by atoms with Crippen LogP contribution < -0.4 is 0 Å². The van der Waals surface area contributed by atoms with Gasteiger partial charge in [-0.25, -0.2) is 4.31 Å². The van der Waals surface area contributed by atoms with E-state index in [2.05, 4.69) is 49.4 Å². The van der Waals surface area contributed by atoms with Gasteiger partial charge in [0.15, 0.2) is 5.04 Å². The lowest BCUT2D eigenvalue weighted by Gasteiger charge is -2.26. The number of nitrogens with zero attached hydrogens (tertiary/aromatic N) is 3. The molecule has 3 nitrogen and oxygen atoms in total. The van der Waals surface area contributed by atoms with E-state index in [9.17, 15) is 0 Å². The molecule has 0 aliphatic rings. The van der Waals surface area contributed by atoms with Crippen LogP contribution in [0.1, 0.15) is 41.0 Å². The number of hydrogen-bond acceptors (Lipinski definition) is 5. The average Bonchev–Trinajstić information content (AvgIpc) is 2.22. The van der Waals surface area contributed by atoms with Crippen molar-refractivity contribution >= 4 is 28.9 Å². The van der Waals surface area contributed by atoms with Gasteiger partial charge >= 0.3 is 0 Å². The second-order valence-electron chi connectivity index (χ2n) is 3.99. The highest BCUT2D eigenvalue weighted by Crippen LogP contribution is 2.21. The van der Waals surface area contributed by atoms with E-state index in [1.165, 1.54) is 23.9 Å². The summed E-state index contributed by atoms with van der Waals surface area (Å²) in [7, 11) is 0. The maximum atomic E-state index is 8.91. The van der Waals surface area contributed by atoms with Crippen molar-refractivity contribution in [2.45, 2.75) is 53.1 Å². The van der Waals surface area contributed by atoms with Crippen LogP contribution in [0, 0.1) is 11.3 Å². The van der Waals surface area contributed by atoms with Gasteiger partial charge in [0.25, 0.3) is 0 Å². The Hall–Kier alpha value is -0.180. The van der Waals surface area contributed by atoms with Crippen LogP contribution in [0.15, 0.2) is 4.40 Å². The van der Waals surface area contributed by atoms with Crippen LogP contribution >= 0.6 is 23.9 Å². The fourth-order valence-electron chi connectivity index (χ4n) is 1.15. The van der Waals surface area contributed by atoms with Crippen molar-refractivity contribution in [3.8, 4) is 6.07 Å². The van der Waals surface area contributed by atoms with Crippen LogP contribution in [0.5, 0.6) is 0 Å². The Morgan fingerprint density at radius 1 is 1.31 bits per heavy atom. The Kier molecular flexibility index (Phi) is 8.81. The Morgan fingerprint density at radius 3 is 2.25 bits per heavy atom. The SMILES string of the molecule is CCCS/C(C#N)=N\SN(C(C)C)C(C)C. The van der Waals surface area contributed by atoms with Crippen molar-refractivity contribution in [3.05, 3.63) is 0 Å². The van der Waals surface area contributed by atoms with E-state index >= 15 is 0 Å². The lowest BCUT2D eigenvalue weighted by Crippen LogP contribution is -2.30. The molecule has 0 rings (SSSR count). The molecule has 0 aromatic rings. The first kappa shape index (κ1) is 15.8. The van der Waals surface area contributed by atoms with Gasteiger partial charge in [0, 0.05) is 12.1 Å². The van der Waals surface area contributed by atoms with Gasteiger partial charge in [-0.3, -0.25) is 0 Å². The van der Waals surface area contributed by atoms with Crippen LogP contribution in [0.2, 0.25) is 0 Å². The van der Waals surface area contributed by atoms with Crippen LogP contribution in [0.25, 0.3) is 0 Å². The molecular formula is C11H21N3S2. The molecule has 0 saturated carbocycles. The standard InChI is InChI=1S/C11H21N3S2/c1-6-7-15-11(8-12)13-16-14(9(2)3)10(4)5/h9-10H,6-7H2,1-5H3/b13-11-. The summed E-state index contributed by atoms with van der Waals surface area (Å²) >= 11 is 2.93. The van der Waals surface area contributed by atoms with Crippen molar-refractivity contribution in [1.82, 2.24) is 4.31 Å². The highest BCUT2D eigenvalue weighted by atomic mass is 32.2. The minimum absolute atomic E-state index is 0.421. The lowest BCUT2D eigenvalue weighted by molar-refractivity contribution is 0.336. The van der Waals surface area contributed by atoms with Gasteiger partial charge in [0.2, 0.25) is 0 Å². The predicted octanol–water partition coefficient (Wildman–Crippen LogP) is 3.73. The predicted molar refractivity (Wildman–Crippen MR) is 75.5 cm³/mol. The Bertz CT molecular complexity index is 248. The molecule has 0 atom stereocenters. The molecule has 0 aliphatic carbocycles. The molecule has 5 heteroatoms. The van der Waals surface area contributed by atoms with Crippen LogP contribution in [0.4, 0.5) is 0 Å². The zero-order chi connectivity index (χ0) is 12.6. The van der Waals surface area contributed by atoms with Crippen molar-refractivity contribution in [2.24, 2.45) is 4.40 Å². The molecule has 0 heterocycles. The minimum Gasteiger partial charge on any atom is -0.226 e. The van der Waals surface area contributed by atoms with Gasteiger partial charge < -0.3 is 0 Å². The maximum absolute atomic E-state index is 8.91. The molecule has 0 aliphatic heterocycles. The smallest absolute Gasteiger partial charge is 0.183 e. The molecule has 92 valence electrons. The summed E-state index contributed by atoms with van der Waals surface area (Å²) in [6, 6.07) is 2.98. The Labute approximate surface area is 108 Å². The highest BCUT2D eigenvalue weighted by molar-refractivity contribution is 8.15. The fraction of sp³-hybridized carbons (Fsp3) is 0.818. The molecule has 0 aromatic heterocycles. The first-order valence-corrected chi connectivity index (χ1v) is 7.30. The zero-order valence-electron chi connectivity index (χ0n) is 10.7. The zero-order valence-corrected chi connectivity index (χ0v) is 12.4. The first-order valence-electron chi connectivity index (χ1n) is 5.59. The van der Waals surface area contributed by atoms with Gasteiger partial charge in [-0.15, -0.1) is 0 Å². The van der Waals surface area contributed by atoms with Crippen LogP contribution in [-0.2, 0) is 0 Å². The average molecular weight is 259 g/mol. The maximum Gasteiger partial charge on any atom is 0.183 e. The summed E-state index contributed by atoms with van der Waals surface area (Å²) in [6.45, 7) is 10.6. The van der Waals surface area contributed by atoms with Gasteiger partial charge in [-0.05, 0) is 39.9 Å². The summed E-state index contributed by atoms with van der Waals surface area (Å²) < 4.78 is 6.47. The Balaban J connectivity index is 4.34. The monoisotopic (exact) mass is 259 g/mol. The largest absolute Gasteiger partial charge is 0.226 e. The van der Waals surface area contributed by atoms with E-state index in [1.54, 1.807) is 0 Å². The molecule has 16 heavy (non-hydrogen) atoms. The minimum atomic E-state index is 0.421. The van der Waals surface area contributed by atoms with E-state index in [0.29, 0.717) is 17.1 Å². The van der Waals surface area contributed by atoms with E-state index in [0.717, 1.165) is 12.2 Å². The quantitative estimate of drug-likeness (QED) is 0.414. The second kappa shape index (κ2) is 8.91. The van der Waals surface area contributed by atoms with Crippen LogP contribution in [0.3, 0.4) is 0 Å². The number of nitriles is 1. The number of hydrogen-bond donors (Lipinski definition) is 0. The van der Waals surface area contributed by atoms with E-state index in [1.807, 2.05) is 0 Å². The molecule has 0 aromatic carbocycles. The third-order valence-electron chi connectivity index (χ3n) is 1.77. The lowest BCUT2D eigenvalue weighted by atomic mass is 10.3.